The maximum Gasteiger partial charge on any atom is 0.248 e. The third-order valence-corrected chi connectivity index (χ3v) is 0.777. The fraction of sp³-hybridized carbons (Fsp3) is 0. The average molecular weight is 141 g/mol. The molecule has 7 heteroatoms. The largest absolute Gasteiger partial charge is 0.368 e. The number of hydrogen-bond donors (Lipinski definition) is 4. The van der Waals surface area contributed by atoms with Crippen molar-refractivity contribution in [3.05, 3.63) is 6.33 Å². The Morgan fingerprint density at radius 2 is 2.60 bits per heavy atom. The summed E-state index contributed by atoms with van der Waals surface area (Å²) in [6.45, 7) is 0. The van der Waals surface area contributed by atoms with E-state index in [0.717, 1.165) is 0 Å². The highest BCUT2D eigenvalue weighted by atomic mass is 15.3. The lowest BCUT2D eigenvalue weighted by atomic mass is 10.9. The van der Waals surface area contributed by atoms with Crippen LogP contribution in [-0.2, 0) is 0 Å². The molecule has 1 heterocycles. The van der Waals surface area contributed by atoms with Crippen molar-refractivity contribution < 1.29 is 0 Å². The number of nitrogens with zero attached hydrogens (tertiary/aromatic N) is 3. The van der Waals surface area contributed by atoms with E-state index in [9.17, 15) is 0 Å². The van der Waals surface area contributed by atoms with Gasteiger partial charge in [-0.2, -0.15) is 15.1 Å². The second kappa shape index (κ2) is 2.78. The van der Waals surface area contributed by atoms with Gasteiger partial charge in [0.05, 0.1) is 0 Å². The summed E-state index contributed by atoms with van der Waals surface area (Å²) in [6, 6.07) is 0. The van der Waals surface area contributed by atoms with E-state index in [-0.39, 0.29) is 5.96 Å². The highest BCUT2D eigenvalue weighted by molar-refractivity contribution is 5.79. The smallest absolute Gasteiger partial charge is 0.248 e. The van der Waals surface area contributed by atoms with Crippen LogP contribution in [-0.4, -0.2) is 21.1 Å². The number of nitrogens with one attached hydrogen (secondary N) is 2. The highest BCUT2D eigenvalue weighted by Gasteiger charge is 1.90. The van der Waals surface area contributed by atoms with Crippen LogP contribution >= 0.6 is 0 Å². The fourth-order valence-corrected chi connectivity index (χ4v) is 0.399. The minimum absolute atomic E-state index is 0.0803. The summed E-state index contributed by atoms with van der Waals surface area (Å²) in [5.41, 5.74) is 7.33. The normalized spacial score (nSPS) is 11.5. The van der Waals surface area contributed by atoms with Crippen LogP contribution in [0.3, 0.4) is 0 Å². The van der Waals surface area contributed by atoms with Crippen LogP contribution in [0.2, 0.25) is 0 Å². The maximum atomic E-state index is 5.19. The van der Waals surface area contributed by atoms with Crippen molar-refractivity contribution in [3.63, 3.8) is 0 Å². The third-order valence-electron chi connectivity index (χ3n) is 0.777. The quantitative estimate of drug-likeness (QED) is 0.159. The molecule has 1 aromatic rings. The third kappa shape index (κ3) is 1.42. The molecule has 0 saturated carbocycles. The Bertz CT molecular complexity index is 211. The first-order valence-corrected chi connectivity index (χ1v) is 2.49. The molecule has 0 fully saturated rings. The zero-order valence-corrected chi connectivity index (χ0v) is 5.07. The van der Waals surface area contributed by atoms with Gasteiger partial charge >= 0.3 is 0 Å². The van der Waals surface area contributed by atoms with Crippen LogP contribution in [0.25, 0.3) is 0 Å². The monoisotopic (exact) mass is 141 g/mol. The van der Waals surface area contributed by atoms with Gasteiger partial charge in [-0.3, -0.25) is 5.43 Å². The van der Waals surface area contributed by atoms with E-state index in [4.69, 9.17) is 11.6 Å². The summed E-state index contributed by atoms with van der Waals surface area (Å²) < 4.78 is 0. The minimum Gasteiger partial charge on any atom is -0.368 e. The number of aromatic amines is 1. The summed E-state index contributed by atoms with van der Waals surface area (Å²) in [5.74, 6) is 5.32. The van der Waals surface area contributed by atoms with Gasteiger partial charge in [0.15, 0.2) is 0 Å². The van der Waals surface area contributed by atoms with Crippen molar-refractivity contribution >= 4 is 11.9 Å². The molecule has 0 saturated heterocycles. The Morgan fingerprint density at radius 1 is 1.80 bits per heavy atom. The number of hydrogen-bond acceptors (Lipinski definition) is 4. The lowest BCUT2D eigenvalue weighted by Gasteiger charge is -1.92. The van der Waals surface area contributed by atoms with Crippen LogP contribution in [0.5, 0.6) is 0 Å². The van der Waals surface area contributed by atoms with E-state index >= 15 is 0 Å². The van der Waals surface area contributed by atoms with Gasteiger partial charge in [0.25, 0.3) is 0 Å². The molecular weight excluding hydrogens is 134 g/mol. The molecule has 0 aliphatic heterocycles. The van der Waals surface area contributed by atoms with Gasteiger partial charge in [-0.15, -0.1) is 0 Å². The van der Waals surface area contributed by atoms with E-state index in [1.165, 1.54) is 6.33 Å². The molecule has 0 aliphatic carbocycles. The summed E-state index contributed by atoms with van der Waals surface area (Å²) in [6.07, 6.45) is 1.32. The standard InChI is InChI=1S/C3H7N7/c4-2(9-5)8-3-6-1-7-10-3/h1H,5H2,(H4,4,6,7,8,9,10). The van der Waals surface area contributed by atoms with Crippen molar-refractivity contribution in [2.75, 3.05) is 0 Å². The Labute approximate surface area is 56.5 Å². The molecule has 10 heavy (non-hydrogen) atoms. The molecule has 54 valence electrons. The van der Waals surface area contributed by atoms with E-state index in [2.05, 4.69) is 25.6 Å². The van der Waals surface area contributed by atoms with Crippen molar-refractivity contribution in [1.82, 2.24) is 20.6 Å². The molecule has 0 unspecified atom stereocenters. The number of hydrazine groups is 1. The lowest BCUT2D eigenvalue weighted by Crippen LogP contribution is -2.36. The van der Waals surface area contributed by atoms with Crippen LogP contribution in [0.4, 0.5) is 5.95 Å². The zero-order chi connectivity index (χ0) is 7.40. The summed E-state index contributed by atoms with van der Waals surface area (Å²) >= 11 is 0. The van der Waals surface area contributed by atoms with E-state index in [1.807, 2.05) is 0 Å². The van der Waals surface area contributed by atoms with Crippen molar-refractivity contribution in [1.29, 1.82) is 0 Å². The van der Waals surface area contributed by atoms with E-state index < -0.39 is 0 Å². The molecule has 7 nitrogen and oxygen atoms in total. The van der Waals surface area contributed by atoms with Gasteiger partial charge in [0, 0.05) is 0 Å². The Kier molecular flexibility index (Phi) is 1.80. The van der Waals surface area contributed by atoms with Crippen molar-refractivity contribution in [2.45, 2.75) is 0 Å². The number of rotatable bonds is 1. The van der Waals surface area contributed by atoms with Crippen LogP contribution in [0, 0.1) is 0 Å². The average Bonchev–Trinajstić information content (AvgIpc) is 2.40. The zero-order valence-electron chi connectivity index (χ0n) is 5.07. The van der Waals surface area contributed by atoms with Gasteiger partial charge in [0.2, 0.25) is 11.9 Å². The van der Waals surface area contributed by atoms with Gasteiger partial charge in [0.1, 0.15) is 6.33 Å². The summed E-state index contributed by atoms with van der Waals surface area (Å²) in [4.78, 5) is 7.34. The Morgan fingerprint density at radius 3 is 3.10 bits per heavy atom. The SMILES string of the molecule is NN/C(N)=N/c1ncn[nH]1. The second-order valence-electron chi connectivity index (χ2n) is 1.45. The van der Waals surface area contributed by atoms with Crippen molar-refractivity contribution in [2.24, 2.45) is 16.6 Å². The Balaban J connectivity index is 2.71. The minimum atomic E-state index is 0.0803. The molecule has 1 rings (SSSR count). The first kappa shape index (κ1) is 6.49. The highest BCUT2D eigenvalue weighted by Crippen LogP contribution is 1.95. The number of aliphatic imine (C=N–C) groups is 1. The van der Waals surface area contributed by atoms with Gasteiger partial charge in [-0.1, -0.05) is 0 Å². The van der Waals surface area contributed by atoms with Gasteiger partial charge < -0.3 is 5.73 Å². The molecule has 6 N–H and O–H groups in total. The predicted octanol–water partition coefficient (Wildman–Crippen LogP) is -1.79. The van der Waals surface area contributed by atoms with Crippen LogP contribution < -0.4 is 17.0 Å². The molecular formula is C3H7N7. The molecule has 0 aliphatic rings. The topological polar surface area (TPSA) is 118 Å². The molecule has 0 amide bonds. The predicted molar refractivity (Wildman–Crippen MR) is 35.0 cm³/mol. The molecule has 0 atom stereocenters. The fourth-order valence-electron chi connectivity index (χ4n) is 0.399. The van der Waals surface area contributed by atoms with E-state index in [0.29, 0.717) is 5.95 Å². The number of nitrogens with two attached hydrogens (primary N) is 2. The molecule has 0 spiro atoms. The second-order valence-corrected chi connectivity index (χ2v) is 1.45. The number of guanidine groups is 1. The van der Waals surface area contributed by atoms with Crippen molar-refractivity contribution in [3.8, 4) is 0 Å². The maximum absolute atomic E-state index is 5.19. The van der Waals surface area contributed by atoms with Gasteiger partial charge in [-0.05, 0) is 0 Å². The van der Waals surface area contributed by atoms with Crippen LogP contribution in [0.1, 0.15) is 0 Å². The van der Waals surface area contributed by atoms with E-state index in [1.54, 1.807) is 0 Å². The van der Waals surface area contributed by atoms with Gasteiger partial charge in [-0.25, -0.2) is 10.9 Å². The number of H-pyrrole nitrogens is 1. The number of aromatic nitrogens is 3. The molecule has 0 aromatic carbocycles. The summed E-state index contributed by atoms with van der Waals surface area (Å²) in [7, 11) is 0. The van der Waals surface area contributed by atoms with Crippen LogP contribution in [0.15, 0.2) is 11.3 Å². The Hall–Kier alpha value is -1.63. The molecule has 0 radical (unpaired) electrons. The molecule has 0 bridgehead atoms. The first-order chi connectivity index (χ1) is 4.83. The lowest BCUT2D eigenvalue weighted by molar-refractivity contribution is 0.995. The molecule has 1 aromatic heterocycles. The first-order valence-electron chi connectivity index (χ1n) is 2.49. The summed E-state index contributed by atoms with van der Waals surface area (Å²) in [5, 5.41) is 6.02.